The molecule has 3 N–H and O–H groups in total. The van der Waals surface area contributed by atoms with E-state index in [1.54, 1.807) is 12.1 Å². The summed E-state index contributed by atoms with van der Waals surface area (Å²) in [5.41, 5.74) is 0.426. The third-order valence-corrected chi connectivity index (χ3v) is 2.82. The van der Waals surface area contributed by atoms with Gasteiger partial charge in [0.15, 0.2) is 6.04 Å². The second-order valence-corrected chi connectivity index (χ2v) is 4.46. The van der Waals surface area contributed by atoms with E-state index in [-0.39, 0.29) is 17.6 Å². The van der Waals surface area contributed by atoms with Crippen molar-refractivity contribution in [2.45, 2.75) is 32.7 Å². The number of nitrogens with one attached hydrogen (secondary N) is 1. The fourth-order valence-corrected chi connectivity index (χ4v) is 1.63. The highest BCUT2D eigenvalue weighted by Gasteiger charge is 2.16. The summed E-state index contributed by atoms with van der Waals surface area (Å²) >= 11 is 0. The van der Waals surface area contributed by atoms with Crippen LogP contribution < -0.4 is 10.6 Å². The van der Waals surface area contributed by atoms with Crippen molar-refractivity contribution in [2.24, 2.45) is 0 Å². The van der Waals surface area contributed by atoms with E-state index in [9.17, 15) is 14.9 Å². The average Bonchev–Trinajstić information content (AvgIpc) is 2.39. The highest BCUT2D eigenvalue weighted by Crippen LogP contribution is 2.16. The molecular formula is C13H20N3O3+. The van der Waals surface area contributed by atoms with Gasteiger partial charge in [0.1, 0.15) is 0 Å². The van der Waals surface area contributed by atoms with E-state index in [1.807, 2.05) is 12.2 Å². The number of nitrogens with two attached hydrogens (primary N) is 1. The molecule has 0 aromatic heterocycles. The minimum absolute atomic E-state index is 0.0274. The first-order valence-corrected chi connectivity index (χ1v) is 6.43. The number of nitro benzene ring substituents is 1. The zero-order chi connectivity index (χ0) is 14.3. The van der Waals surface area contributed by atoms with Crippen LogP contribution in [0.25, 0.3) is 0 Å². The lowest BCUT2D eigenvalue weighted by Gasteiger charge is -2.10. The Morgan fingerprint density at radius 3 is 2.89 bits per heavy atom. The van der Waals surface area contributed by atoms with Gasteiger partial charge in [0.05, 0.1) is 11.5 Å². The molecule has 6 nitrogen and oxygen atoms in total. The average molecular weight is 266 g/mol. The lowest BCUT2D eigenvalue weighted by atomic mass is 10.2. The summed E-state index contributed by atoms with van der Waals surface area (Å²) in [5.74, 6) is -0.142. The van der Waals surface area contributed by atoms with Crippen molar-refractivity contribution in [1.29, 1.82) is 0 Å². The van der Waals surface area contributed by atoms with Crippen molar-refractivity contribution < 1.29 is 15.0 Å². The molecule has 1 rings (SSSR count). The normalized spacial score (nSPS) is 11.9. The molecule has 0 saturated heterocycles. The number of hydrogen-bond donors (Lipinski definition) is 2. The van der Waals surface area contributed by atoms with Gasteiger partial charge in [-0.25, -0.2) is 0 Å². The van der Waals surface area contributed by atoms with Crippen LogP contribution in [0.3, 0.4) is 0 Å². The van der Waals surface area contributed by atoms with E-state index in [1.165, 1.54) is 12.1 Å². The Balaban J connectivity index is 2.56. The first-order chi connectivity index (χ1) is 9.04. The summed E-state index contributed by atoms with van der Waals surface area (Å²) in [6.45, 7) is 4.82. The zero-order valence-corrected chi connectivity index (χ0v) is 11.3. The third-order valence-electron chi connectivity index (χ3n) is 2.82. The standard InChI is InChI=1S/C13H19N3O3/c1-3-4-8-14-10(2)13(17)15-11-6-5-7-12(9-11)16(18)19/h5-7,9-10,14H,3-4,8H2,1-2H3,(H,15,17)/p+1/t10-/m1/s1. The zero-order valence-electron chi connectivity index (χ0n) is 11.3. The number of unbranched alkanes of at least 4 members (excludes halogenated alkanes) is 1. The van der Waals surface area contributed by atoms with Gasteiger partial charge in [-0.3, -0.25) is 14.9 Å². The number of nitro groups is 1. The summed E-state index contributed by atoms with van der Waals surface area (Å²) in [4.78, 5) is 22.0. The van der Waals surface area contributed by atoms with Crippen molar-refractivity contribution in [1.82, 2.24) is 0 Å². The molecule has 19 heavy (non-hydrogen) atoms. The predicted molar refractivity (Wildman–Crippen MR) is 72.9 cm³/mol. The van der Waals surface area contributed by atoms with Gasteiger partial charge in [0.2, 0.25) is 0 Å². The monoisotopic (exact) mass is 266 g/mol. The van der Waals surface area contributed by atoms with Gasteiger partial charge >= 0.3 is 0 Å². The van der Waals surface area contributed by atoms with E-state index in [0.717, 1.165) is 19.4 Å². The number of amides is 1. The number of non-ortho nitro benzene ring substituents is 1. The molecular weight excluding hydrogens is 246 g/mol. The van der Waals surface area contributed by atoms with Crippen LogP contribution in [0.15, 0.2) is 24.3 Å². The number of carbonyl (C=O) groups excluding carboxylic acids is 1. The smallest absolute Gasteiger partial charge is 0.282 e. The number of rotatable bonds is 7. The van der Waals surface area contributed by atoms with Crippen LogP contribution in [0.5, 0.6) is 0 Å². The van der Waals surface area contributed by atoms with Gasteiger partial charge in [0, 0.05) is 17.8 Å². The highest BCUT2D eigenvalue weighted by atomic mass is 16.6. The molecule has 0 fully saturated rings. The van der Waals surface area contributed by atoms with Crippen molar-refractivity contribution in [2.75, 3.05) is 11.9 Å². The van der Waals surface area contributed by atoms with Crippen LogP contribution in [-0.4, -0.2) is 23.4 Å². The summed E-state index contributed by atoms with van der Waals surface area (Å²) in [6.07, 6.45) is 2.16. The topological polar surface area (TPSA) is 88.8 Å². The Bertz CT molecular complexity index is 449. The Kier molecular flexibility index (Phi) is 5.95. The fraction of sp³-hybridized carbons (Fsp3) is 0.462. The molecule has 1 atom stereocenters. The third kappa shape index (κ3) is 5.05. The Morgan fingerprint density at radius 2 is 2.26 bits per heavy atom. The molecule has 6 heteroatoms. The fourth-order valence-electron chi connectivity index (χ4n) is 1.63. The second kappa shape index (κ2) is 7.48. The summed E-state index contributed by atoms with van der Waals surface area (Å²) in [6, 6.07) is 5.75. The maximum atomic E-state index is 11.9. The van der Waals surface area contributed by atoms with E-state index >= 15 is 0 Å². The van der Waals surface area contributed by atoms with E-state index in [2.05, 4.69) is 12.2 Å². The number of quaternary nitrogens is 1. The van der Waals surface area contributed by atoms with Crippen molar-refractivity contribution in [3.05, 3.63) is 34.4 Å². The predicted octanol–water partition coefficient (Wildman–Crippen LogP) is 1.29. The van der Waals surface area contributed by atoms with Gasteiger partial charge in [-0.1, -0.05) is 19.4 Å². The van der Waals surface area contributed by atoms with Gasteiger partial charge < -0.3 is 10.6 Å². The number of benzene rings is 1. The Hall–Kier alpha value is -1.95. The molecule has 1 aromatic carbocycles. The van der Waals surface area contributed by atoms with Crippen LogP contribution >= 0.6 is 0 Å². The molecule has 0 radical (unpaired) electrons. The minimum atomic E-state index is -0.480. The molecule has 0 aliphatic heterocycles. The van der Waals surface area contributed by atoms with Crippen LogP contribution in [0, 0.1) is 10.1 Å². The van der Waals surface area contributed by atoms with Gasteiger partial charge in [-0.2, -0.15) is 0 Å². The molecule has 104 valence electrons. The molecule has 0 bridgehead atoms. The lowest BCUT2D eigenvalue weighted by Crippen LogP contribution is -2.91. The second-order valence-electron chi connectivity index (χ2n) is 4.46. The van der Waals surface area contributed by atoms with E-state index in [0.29, 0.717) is 5.69 Å². The Labute approximate surface area is 112 Å². The first kappa shape index (κ1) is 15.1. The van der Waals surface area contributed by atoms with Gasteiger partial charge in [-0.15, -0.1) is 0 Å². The number of nitrogens with zero attached hydrogens (tertiary/aromatic N) is 1. The van der Waals surface area contributed by atoms with Crippen LogP contribution in [0.1, 0.15) is 26.7 Å². The quantitative estimate of drug-likeness (QED) is 0.442. The van der Waals surface area contributed by atoms with Crippen LogP contribution in [-0.2, 0) is 4.79 Å². The Morgan fingerprint density at radius 1 is 1.53 bits per heavy atom. The molecule has 0 aliphatic rings. The maximum absolute atomic E-state index is 11.9. The molecule has 0 aliphatic carbocycles. The molecule has 1 aromatic rings. The van der Waals surface area contributed by atoms with E-state index in [4.69, 9.17) is 0 Å². The number of carbonyl (C=O) groups is 1. The SMILES string of the molecule is CCCC[NH2+][C@H](C)C(=O)Nc1cccc([N+](=O)[O-])c1. The molecule has 0 heterocycles. The highest BCUT2D eigenvalue weighted by molar-refractivity contribution is 5.93. The summed E-state index contributed by atoms with van der Waals surface area (Å²) < 4.78 is 0. The van der Waals surface area contributed by atoms with Crippen LogP contribution in [0.4, 0.5) is 11.4 Å². The first-order valence-electron chi connectivity index (χ1n) is 6.43. The molecule has 0 saturated carbocycles. The van der Waals surface area contributed by atoms with Crippen molar-refractivity contribution in [3.63, 3.8) is 0 Å². The molecule has 0 spiro atoms. The maximum Gasteiger partial charge on any atom is 0.282 e. The van der Waals surface area contributed by atoms with Gasteiger partial charge in [0.25, 0.3) is 11.6 Å². The van der Waals surface area contributed by atoms with Crippen LogP contribution in [0.2, 0.25) is 0 Å². The van der Waals surface area contributed by atoms with Crippen molar-refractivity contribution >= 4 is 17.3 Å². The number of anilines is 1. The lowest BCUT2D eigenvalue weighted by molar-refractivity contribution is -0.673. The van der Waals surface area contributed by atoms with Gasteiger partial charge in [-0.05, 0) is 19.4 Å². The largest absolute Gasteiger partial charge is 0.336 e. The molecule has 0 unspecified atom stereocenters. The summed E-state index contributed by atoms with van der Waals surface area (Å²) in [7, 11) is 0. The molecule has 1 amide bonds. The number of hydrogen-bond acceptors (Lipinski definition) is 3. The van der Waals surface area contributed by atoms with Crippen molar-refractivity contribution in [3.8, 4) is 0 Å². The van der Waals surface area contributed by atoms with E-state index < -0.39 is 4.92 Å². The summed E-state index contributed by atoms with van der Waals surface area (Å²) in [5, 5.41) is 15.3. The minimum Gasteiger partial charge on any atom is -0.336 e.